The van der Waals surface area contributed by atoms with E-state index in [4.69, 9.17) is 0 Å². The molecule has 1 fully saturated rings. The van der Waals surface area contributed by atoms with Crippen molar-refractivity contribution < 1.29 is 8.42 Å². The van der Waals surface area contributed by atoms with Gasteiger partial charge in [0, 0.05) is 18.8 Å². The van der Waals surface area contributed by atoms with Gasteiger partial charge in [0.05, 0.1) is 18.0 Å². The Balaban J connectivity index is 2.22. The molecule has 154 valence electrons. The van der Waals surface area contributed by atoms with Crippen molar-refractivity contribution >= 4 is 17.3 Å². The van der Waals surface area contributed by atoms with Crippen molar-refractivity contribution in [2.24, 2.45) is 0 Å². The van der Waals surface area contributed by atoms with Crippen molar-refractivity contribution in [1.29, 1.82) is 0 Å². The predicted octanol–water partition coefficient (Wildman–Crippen LogP) is 6.62. The van der Waals surface area contributed by atoms with Gasteiger partial charge in [-0.3, -0.25) is 0 Å². The first-order valence-electron chi connectivity index (χ1n) is 10.7. The fraction of sp³-hybridized carbons (Fsp3) is 0.727. The number of nitrogens with zero attached hydrogens (tertiary/aromatic N) is 1. The quantitative estimate of drug-likeness (QED) is 0.406. The minimum Gasteiger partial charge on any atom is -0.539 e. The van der Waals surface area contributed by atoms with Crippen molar-refractivity contribution in [3.8, 4) is 0 Å². The fourth-order valence-corrected chi connectivity index (χ4v) is 10.5. The predicted molar refractivity (Wildman–Crippen MR) is 120 cm³/mol. The molecule has 3 nitrogen and oxygen atoms in total. The Morgan fingerprint density at radius 2 is 1.56 bits per heavy atom. The number of benzene rings is 1. The highest BCUT2D eigenvalue weighted by molar-refractivity contribution is 7.94. The summed E-state index contributed by atoms with van der Waals surface area (Å²) in [6, 6.07) is 7.11. The standard InChI is InChI=1S/C22H38NO2PS/c1-5-7-17-26(4,18-8-6-2)22-12-10-9-11-21(22)23-27(24,25)20-15-13-19(3)14-16-20/h13-16,21-22H,5-12,17-18H2,1-4H3/t21-,22-/m1/s1. The van der Waals surface area contributed by atoms with E-state index in [0.29, 0.717) is 10.6 Å². The molecular weight excluding hydrogens is 373 g/mol. The maximum Gasteiger partial charge on any atom is 0.101 e. The summed E-state index contributed by atoms with van der Waals surface area (Å²) < 4.78 is 30.4. The number of aryl methyl sites for hydroxylation is 1. The first-order chi connectivity index (χ1) is 12.8. The van der Waals surface area contributed by atoms with Crippen LogP contribution in [-0.2, 0) is 10.0 Å². The maximum atomic E-state index is 13.0. The van der Waals surface area contributed by atoms with E-state index >= 15 is 0 Å². The molecule has 2 atom stereocenters. The van der Waals surface area contributed by atoms with Crippen LogP contribution in [0, 0.1) is 6.92 Å². The molecule has 0 bridgehead atoms. The largest absolute Gasteiger partial charge is 0.539 e. The molecule has 0 heterocycles. The lowest BCUT2D eigenvalue weighted by Crippen LogP contribution is -2.35. The van der Waals surface area contributed by atoms with Gasteiger partial charge in [0.15, 0.2) is 0 Å². The van der Waals surface area contributed by atoms with Crippen LogP contribution in [0.4, 0.5) is 0 Å². The molecule has 1 aliphatic carbocycles. The molecule has 0 unspecified atom stereocenters. The first kappa shape index (κ1) is 22.8. The first-order valence-corrected chi connectivity index (χ1v) is 14.8. The fourth-order valence-electron chi connectivity index (χ4n) is 4.37. The van der Waals surface area contributed by atoms with Crippen molar-refractivity contribution in [2.45, 2.75) is 88.7 Å². The Morgan fingerprint density at radius 1 is 1.00 bits per heavy atom. The highest BCUT2D eigenvalue weighted by Gasteiger charge is 2.42. The van der Waals surface area contributed by atoms with Gasteiger partial charge in [-0.2, -0.15) is 0 Å². The molecule has 1 saturated carbocycles. The minimum absolute atomic E-state index is 0.0166. The molecule has 0 spiro atoms. The lowest BCUT2D eigenvalue weighted by Gasteiger charge is -2.46. The molecule has 0 aliphatic heterocycles. The van der Waals surface area contributed by atoms with Gasteiger partial charge in [-0.05, 0) is 44.7 Å². The summed E-state index contributed by atoms with van der Waals surface area (Å²) in [5.74, 6) is 0. The van der Waals surface area contributed by atoms with Crippen molar-refractivity contribution in [2.75, 3.05) is 19.0 Å². The van der Waals surface area contributed by atoms with Crippen LogP contribution in [-0.4, -0.2) is 39.1 Å². The third kappa shape index (κ3) is 6.27. The third-order valence-corrected chi connectivity index (χ3v) is 12.4. The molecule has 0 radical (unpaired) electrons. The van der Waals surface area contributed by atoms with Gasteiger partial charge in [0.25, 0.3) is 0 Å². The van der Waals surface area contributed by atoms with Gasteiger partial charge < -0.3 is 4.72 Å². The van der Waals surface area contributed by atoms with E-state index < -0.39 is 17.3 Å². The van der Waals surface area contributed by atoms with E-state index in [1.54, 1.807) is 12.1 Å². The summed E-state index contributed by atoms with van der Waals surface area (Å²) in [6.07, 6.45) is 12.0. The molecule has 27 heavy (non-hydrogen) atoms. The molecule has 2 rings (SSSR count). The number of unbranched alkanes of at least 4 members (excludes halogenated alkanes) is 2. The van der Waals surface area contributed by atoms with Gasteiger partial charge in [0.1, 0.15) is 10.0 Å². The second kappa shape index (κ2) is 10.4. The average molecular weight is 412 g/mol. The Kier molecular flexibility index (Phi) is 8.77. The summed E-state index contributed by atoms with van der Waals surface area (Å²) >= 11 is 0. The van der Waals surface area contributed by atoms with Gasteiger partial charge >= 0.3 is 0 Å². The molecule has 0 N–H and O–H groups in total. The van der Waals surface area contributed by atoms with Gasteiger partial charge in [-0.15, -0.1) is 0 Å². The number of sulfonamides is 1. The molecule has 1 aromatic carbocycles. The smallest absolute Gasteiger partial charge is 0.101 e. The molecule has 0 aromatic heterocycles. The molecule has 0 amide bonds. The normalized spacial score (nSPS) is 21.3. The zero-order chi connectivity index (χ0) is 19.9. The zero-order valence-corrected chi connectivity index (χ0v) is 19.4. The van der Waals surface area contributed by atoms with Crippen LogP contribution >= 0.6 is 7.26 Å². The van der Waals surface area contributed by atoms with Crippen molar-refractivity contribution in [3.63, 3.8) is 0 Å². The second-order valence-corrected chi connectivity index (χ2v) is 14.6. The van der Waals surface area contributed by atoms with Gasteiger partial charge in [-0.1, -0.05) is 63.3 Å². The number of hydrogen-bond donors (Lipinski definition) is 0. The summed E-state index contributed by atoms with van der Waals surface area (Å²) in [7, 11) is -4.75. The Hall–Kier alpha value is -0.440. The summed E-state index contributed by atoms with van der Waals surface area (Å²) in [4.78, 5) is 0.347. The maximum absolute atomic E-state index is 13.0. The van der Waals surface area contributed by atoms with E-state index in [1.165, 1.54) is 44.4 Å². The van der Waals surface area contributed by atoms with E-state index in [2.05, 4.69) is 25.2 Å². The Morgan fingerprint density at radius 3 is 2.11 bits per heavy atom. The van der Waals surface area contributed by atoms with Crippen molar-refractivity contribution in [1.82, 2.24) is 0 Å². The SMILES string of the molecule is CCCC[P+](C)(CCCC)[C@@H]1CCCC[C@H]1[N-]S(=O)(=O)c1ccc(C)cc1. The minimum atomic E-state index is -3.57. The van der Waals surface area contributed by atoms with Gasteiger partial charge in [-0.25, -0.2) is 8.42 Å². The van der Waals surface area contributed by atoms with E-state index in [1.807, 2.05) is 19.1 Å². The van der Waals surface area contributed by atoms with Crippen LogP contribution in [0.2, 0.25) is 0 Å². The topological polar surface area (TPSA) is 48.2 Å². The highest BCUT2D eigenvalue weighted by Crippen LogP contribution is 2.65. The van der Waals surface area contributed by atoms with Crippen LogP contribution < -0.4 is 0 Å². The Bertz CT molecular complexity index is 664. The van der Waals surface area contributed by atoms with E-state index in [-0.39, 0.29) is 6.04 Å². The van der Waals surface area contributed by atoms with Crippen LogP contribution in [0.3, 0.4) is 0 Å². The average Bonchev–Trinajstić information content (AvgIpc) is 2.65. The molecule has 1 aromatic rings. The lowest BCUT2D eigenvalue weighted by molar-refractivity contribution is 0.477. The van der Waals surface area contributed by atoms with Crippen molar-refractivity contribution in [3.05, 3.63) is 34.6 Å². The summed E-state index contributed by atoms with van der Waals surface area (Å²) in [5.41, 5.74) is 1.56. The lowest BCUT2D eigenvalue weighted by atomic mass is 9.96. The molecular formula is C22H38NO2PS. The second-order valence-electron chi connectivity index (χ2n) is 8.45. The summed E-state index contributed by atoms with van der Waals surface area (Å²) in [6.45, 7) is 9.00. The number of hydrogen-bond acceptors (Lipinski definition) is 2. The molecule has 1 aliphatic rings. The number of rotatable bonds is 10. The monoisotopic (exact) mass is 411 g/mol. The highest BCUT2D eigenvalue weighted by atomic mass is 32.2. The van der Waals surface area contributed by atoms with E-state index in [9.17, 15) is 8.42 Å². The van der Waals surface area contributed by atoms with E-state index in [0.717, 1.165) is 24.8 Å². The Labute approximate surface area is 168 Å². The molecule has 0 saturated heterocycles. The summed E-state index contributed by atoms with van der Waals surface area (Å²) in [5, 5.41) is 0. The molecule has 5 heteroatoms. The zero-order valence-electron chi connectivity index (χ0n) is 17.7. The van der Waals surface area contributed by atoms with Crippen LogP contribution in [0.25, 0.3) is 4.72 Å². The van der Waals surface area contributed by atoms with Crippen LogP contribution in [0.1, 0.15) is 70.8 Å². The van der Waals surface area contributed by atoms with Gasteiger partial charge in [0.2, 0.25) is 0 Å². The third-order valence-electron chi connectivity index (χ3n) is 6.13. The van der Waals surface area contributed by atoms with Crippen LogP contribution in [0.15, 0.2) is 29.2 Å². The van der Waals surface area contributed by atoms with Crippen LogP contribution in [0.5, 0.6) is 0 Å².